The highest BCUT2D eigenvalue weighted by Crippen LogP contribution is 2.21. The Balaban J connectivity index is 2.07. The van der Waals surface area contributed by atoms with Crippen molar-refractivity contribution in [2.45, 2.75) is 13.5 Å². The first-order valence-electron chi connectivity index (χ1n) is 4.75. The molecule has 1 N–H and O–H groups in total. The Bertz CT molecular complexity index is 498. The summed E-state index contributed by atoms with van der Waals surface area (Å²) in [7, 11) is 0. The second-order valence-electron chi connectivity index (χ2n) is 3.39. The van der Waals surface area contributed by atoms with Gasteiger partial charge in [0.05, 0.1) is 18.4 Å². The van der Waals surface area contributed by atoms with Gasteiger partial charge in [0.1, 0.15) is 15.2 Å². The summed E-state index contributed by atoms with van der Waals surface area (Å²) in [6.07, 6.45) is 1.59. The zero-order chi connectivity index (χ0) is 11.5. The number of anilines is 1. The third-order valence-electron chi connectivity index (χ3n) is 2.08. The van der Waals surface area contributed by atoms with E-state index in [4.69, 9.17) is 11.6 Å². The largest absolute Gasteiger partial charge is 0.376 e. The first-order chi connectivity index (χ1) is 7.65. The second kappa shape index (κ2) is 4.80. The fourth-order valence-corrected chi connectivity index (χ4v) is 2.21. The molecule has 16 heavy (non-hydrogen) atoms. The van der Waals surface area contributed by atoms with Crippen molar-refractivity contribution >= 4 is 28.6 Å². The van der Waals surface area contributed by atoms with Gasteiger partial charge in [0.15, 0.2) is 0 Å². The minimum atomic E-state index is -0.256. The van der Waals surface area contributed by atoms with E-state index in [1.54, 1.807) is 18.3 Å². The van der Waals surface area contributed by atoms with E-state index in [9.17, 15) is 4.39 Å². The van der Waals surface area contributed by atoms with E-state index >= 15 is 0 Å². The molecule has 5 heteroatoms. The predicted octanol–water partition coefficient (Wildman–Crippen LogP) is 3.86. The lowest BCUT2D eigenvalue weighted by Crippen LogP contribution is -2.01. The zero-order valence-electron chi connectivity index (χ0n) is 8.63. The lowest BCUT2D eigenvalue weighted by molar-refractivity contribution is 0.629. The summed E-state index contributed by atoms with van der Waals surface area (Å²) >= 11 is 7.14. The molecule has 0 amide bonds. The minimum absolute atomic E-state index is 0.256. The summed E-state index contributed by atoms with van der Waals surface area (Å²) in [4.78, 5) is 4.08. The third-order valence-corrected chi connectivity index (χ3v) is 3.19. The van der Waals surface area contributed by atoms with E-state index in [0.717, 1.165) is 10.6 Å². The molecule has 1 aromatic heterocycles. The van der Waals surface area contributed by atoms with Gasteiger partial charge in [-0.25, -0.2) is 9.37 Å². The van der Waals surface area contributed by atoms with E-state index in [0.29, 0.717) is 16.6 Å². The highest BCUT2D eigenvalue weighted by molar-refractivity contribution is 7.15. The van der Waals surface area contributed by atoms with E-state index < -0.39 is 0 Å². The molecule has 0 spiro atoms. The molecule has 0 atom stereocenters. The molecule has 2 nitrogen and oxygen atoms in total. The molecule has 0 aliphatic carbocycles. The molecule has 0 fully saturated rings. The second-order valence-corrected chi connectivity index (χ2v) is 5.14. The van der Waals surface area contributed by atoms with Crippen molar-refractivity contribution in [2.24, 2.45) is 0 Å². The molecule has 0 saturated heterocycles. The number of halogens is 2. The quantitative estimate of drug-likeness (QED) is 0.902. The van der Waals surface area contributed by atoms with Crippen molar-refractivity contribution in [3.8, 4) is 0 Å². The van der Waals surface area contributed by atoms with E-state index in [2.05, 4.69) is 10.3 Å². The molecule has 1 heterocycles. The average Bonchev–Trinajstić information content (AvgIpc) is 2.66. The van der Waals surface area contributed by atoms with Gasteiger partial charge in [-0.1, -0.05) is 17.7 Å². The monoisotopic (exact) mass is 256 g/mol. The number of hydrogen-bond acceptors (Lipinski definition) is 3. The maximum atomic E-state index is 13.4. The van der Waals surface area contributed by atoms with Crippen LogP contribution in [0.4, 0.5) is 10.1 Å². The van der Waals surface area contributed by atoms with Crippen LogP contribution in [0.3, 0.4) is 0 Å². The molecule has 0 bridgehead atoms. The van der Waals surface area contributed by atoms with Gasteiger partial charge in [0.2, 0.25) is 0 Å². The number of hydrogen-bond donors (Lipinski definition) is 1. The summed E-state index contributed by atoms with van der Waals surface area (Å²) < 4.78 is 14.0. The van der Waals surface area contributed by atoms with Gasteiger partial charge in [-0.2, -0.15) is 0 Å². The van der Waals surface area contributed by atoms with Crippen LogP contribution in [0.1, 0.15) is 10.6 Å². The van der Waals surface area contributed by atoms with Crippen molar-refractivity contribution < 1.29 is 4.39 Å². The Hall–Kier alpha value is -1.13. The van der Waals surface area contributed by atoms with Crippen LogP contribution in [0, 0.1) is 12.7 Å². The Kier molecular flexibility index (Phi) is 3.41. The van der Waals surface area contributed by atoms with Crippen LogP contribution >= 0.6 is 22.9 Å². The van der Waals surface area contributed by atoms with Crippen LogP contribution in [0.2, 0.25) is 4.34 Å². The van der Waals surface area contributed by atoms with Gasteiger partial charge in [-0.3, -0.25) is 0 Å². The predicted molar refractivity (Wildman–Crippen MR) is 65.6 cm³/mol. The Labute approximate surface area is 102 Å². The first-order valence-corrected chi connectivity index (χ1v) is 5.95. The number of rotatable bonds is 3. The van der Waals surface area contributed by atoms with Crippen molar-refractivity contribution in [3.63, 3.8) is 0 Å². The Morgan fingerprint density at radius 1 is 1.50 bits per heavy atom. The molecule has 0 radical (unpaired) electrons. The number of nitrogens with zero attached hydrogens (tertiary/aromatic N) is 1. The minimum Gasteiger partial charge on any atom is -0.376 e. The smallest absolute Gasteiger partial charge is 0.146 e. The standard InChI is InChI=1S/C11H10ClFN2S/c1-7-2-3-8(13)9(4-7)14-6-11-15-5-10(12)16-11/h2-5,14H,6H2,1H3. The molecular formula is C11H10ClFN2S. The van der Waals surface area contributed by atoms with Crippen molar-refractivity contribution in [2.75, 3.05) is 5.32 Å². The molecule has 84 valence electrons. The molecule has 2 aromatic rings. The van der Waals surface area contributed by atoms with Gasteiger partial charge < -0.3 is 5.32 Å². The van der Waals surface area contributed by atoms with Gasteiger partial charge in [-0.05, 0) is 24.6 Å². The Morgan fingerprint density at radius 3 is 3.00 bits per heavy atom. The highest BCUT2D eigenvalue weighted by Gasteiger charge is 2.03. The van der Waals surface area contributed by atoms with Crippen LogP contribution in [-0.2, 0) is 6.54 Å². The van der Waals surface area contributed by atoms with Crippen LogP contribution in [0.25, 0.3) is 0 Å². The summed E-state index contributed by atoms with van der Waals surface area (Å²) in [5, 5.41) is 3.84. The lowest BCUT2D eigenvalue weighted by atomic mass is 10.2. The van der Waals surface area contributed by atoms with E-state index in [-0.39, 0.29) is 5.82 Å². The van der Waals surface area contributed by atoms with Gasteiger partial charge in [-0.15, -0.1) is 11.3 Å². The fourth-order valence-electron chi connectivity index (χ4n) is 1.32. The maximum absolute atomic E-state index is 13.4. The summed E-state index contributed by atoms with van der Waals surface area (Å²) in [6, 6.07) is 4.96. The van der Waals surface area contributed by atoms with Crippen molar-refractivity contribution in [3.05, 3.63) is 45.1 Å². The third kappa shape index (κ3) is 2.71. The molecule has 0 aliphatic heterocycles. The van der Waals surface area contributed by atoms with Gasteiger partial charge in [0, 0.05) is 0 Å². The average molecular weight is 257 g/mol. The molecule has 1 aromatic carbocycles. The SMILES string of the molecule is Cc1ccc(F)c(NCc2ncc(Cl)s2)c1. The number of benzene rings is 1. The topological polar surface area (TPSA) is 24.9 Å². The number of aryl methyl sites for hydroxylation is 1. The molecule has 0 saturated carbocycles. The van der Waals surface area contributed by atoms with Crippen LogP contribution in [0.15, 0.2) is 24.4 Å². The summed E-state index contributed by atoms with van der Waals surface area (Å²) in [6.45, 7) is 2.41. The Morgan fingerprint density at radius 2 is 2.31 bits per heavy atom. The summed E-state index contributed by atoms with van der Waals surface area (Å²) in [5.41, 5.74) is 1.51. The molecular weight excluding hydrogens is 247 g/mol. The van der Waals surface area contributed by atoms with Crippen LogP contribution in [0.5, 0.6) is 0 Å². The highest BCUT2D eigenvalue weighted by atomic mass is 35.5. The number of nitrogens with one attached hydrogen (secondary N) is 1. The molecule has 0 unspecified atom stereocenters. The van der Waals surface area contributed by atoms with Crippen molar-refractivity contribution in [1.82, 2.24) is 4.98 Å². The van der Waals surface area contributed by atoms with E-state index in [1.165, 1.54) is 17.4 Å². The fraction of sp³-hybridized carbons (Fsp3) is 0.182. The van der Waals surface area contributed by atoms with Crippen molar-refractivity contribution in [1.29, 1.82) is 0 Å². The number of thiazole rings is 1. The van der Waals surface area contributed by atoms with E-state index in [1.807, 2.05) is 6.92 Å². The lowest BCUT2D eigenvalue weighted by Gasteiger charge is -2.06. The first kappa shape index (κ1) is 11.4. The molecule has 0 aliphatic rings. The van der Waals surface area contributed by atoms with Gasteiger partial charge in [0.25, 0.3) is 0 Å². The maximum Gasteiger partial charge on any atom is 0.146 e. The van der Waals surface area contributed by atoms with Gasteiger partial charge >= 0.3 is 0 Å². The molecule has 2 rings (SSSR count). The zero-order valence-corrected chi connectivity index (χ0v) is 10.2. The summed E-state index contributed by atoms with van der Waals surface area (Å²) in [5.74, 6) is -0.256. The number of aromatic nitrogens is 1. The van der Waals surface area contributed by atoms with Crippen LogP contribution < -0.4 is 5.32 Å². The van der Waals surface area contributed by atoms with Crippen LogP contribution in [-0.4, -0.2) is 4.98 Å². The normalized spacial score (nSPS) is 10.4.